The van der Waals surface area contributed by atoms with Gasteiger partial charge in [-0.15, -0.1) is 0 Å². The maximum Gasteiger partial charge on any atom is 0.221 e. The summed E-state index contributed by atoms with van der Waals surface area (Å²) in [6.07, 6.45) is 4.38. The van der Waals surface area contributed by atoms with E-state index in [4.69, 9.17) is 0 Å². The smallest absolute Gasteiger partial charge is 0.221 e. The monoisotopic (exact) mass is 237 g/mol. The maximum atomic E-state index is 10.8. The summed E-state index contributed by atoms with van der Waals surface area (Å²) in [5.41, 5.74) is 1.70. The number of amides is 1. The summed E-state index contributed by atoms with van der Waals surface area (Å²) in [6, 6.07) is 5.60. The first kappa shape index (κ1) is 13.2. The first-order valence-corrected chi connectivity index (χ1v) is 5.88. The largest absolute Gasteiger partial charge is 0.326 e. The molecule has 17 heavy (non-hydrogen) atoms. The Kier molecular flexibility index (Phi) is 5.20. The van der Waals surface area contributed by atoms with Crippen molar-refractivity contribution < 1.29 is 7.65 Å². The van der Waals surface area contributed by atoms with Crippen LogP contribution in [0.4, 0.5) is 5.69 Å². The third-order valence-electron chi connectivity index (χ3n) is 2.26. The second kappa shape index (κ2) is 6.68. The lowest BCUT2D eigenvalue weighted by Crippen LogP contribution is -2.05. The zero-order chi connectivity index (χ0) is 12.7. The lowest BCUT2D eigenvalue weighted by atomic mass is 10.2. The van der Waals surface area contributed by atoms with E-state index in [2.05, 4.69) is 29.4 Å². The van der Waals surface area contributed by atoms with Crippen LogP contribution < -0.4 is 5.32 Å². The topological polar surface area (TPSA) is 57.8 Å². The Bertz CT molecular complexity index is 483. The van der Waals surface area contributed by atoms with Crippen LogP contribution in [0.5, 0.6) is 0 Å². The Morgan fingerprint density at radius 1 is 1.41 bits per heavy atom. The lowest BCUT2D eigenvalue weighted by molar-refractivity contribution is -0.114. The Morgan fingerprint density at radius 2 is 2.12 bits per heavy atom. The van der Waals surface area contributed by atoms with E-state index >= 15 is 0 Å². The van der Waals surface area contributed by atoms with Gasteiger partial charge < -0.3 is 5.32 Å². The summed E-state index contributed by atoms with van der Waals surface area (Å²) in [6.45, 7) is 5.84. The van der Waals surface area contributed by atoms with Crippen LogP contribution in [0.2, 0.25) is 0 Å². The van der Waals surface area contributed by atoms with Crippen molar-refractivity contribution in [2.45, 2.75) is 33.6 Å². The second-order valence-electron chi connectivity index (χ2n) is 3.85. The number of rotatable bonds is 2. The number of unbranched alkanes of at least 4 members (excludes halogenated alkanes) is 1. The molecule has 1 aromatic heterocycles. The minimum absolute atomic E-state index is 0. The fourth-order valence-corrected chi connectivity index (χ4v) is 1.22. The standard InChI is InChI=1S/C9H9N3O.C4H10.2H2/c1-6(13)11-8-3-2-7-5-10-12-9(7)4-8;1-3-4-2;;/h2-5H,1H3,(H,10,12)(H,11,13);3-4H2,1-2H3;2*1H. The van der Waals surface area contributed by atoms with Crippen molar-refractivity contribution in [2.75, 3.05) is 5.32 Å². The highest BCUT2D eigenvalue weighted by atomic mass is 16.1. The summed E-state index contributed by atoms with van der Waals surface area (Å²) in [5.74, 6) is -0.0705. The number of aromatic nitrogens is 2. The van der Waals surface area contributed by atoms with Crippen molar-refractivity contribution in [3.8, 4) is 0 Å². The normalized spacial score (nSPS) is 9.59. The van der Waals surface area contributed by atoms with Crippen LogP contribution in [0.15, 0.2) is 24.4 Å². The third kappa shape index (κ3) is 4.26. The molecule has 2 aromatic rings. The van der Waals surface area contributed by atoms with Crippen molar-refractivity contribution in [2.24, 2.45) is 0 Å². The summed E-state index contributed by atoms with van der Waals surface area (Å²) >= 11 is 0. The third-order valence-corrected chi connectivity index (χ3v) is 2.26. The number of nitrogens with one attached hydrogen (secondary N) is 2. The van der Waals surface area contributed by atoms with Gasteiger partial charge in [0.05, 0.1) is 11.7 Å². The number of H-pyrrole nitrogens is 1. The lowest BCUT2D eigenvalue weighted by Gasteiger charge is -2.00. The molecule has 4 nitrogen and oxygen atoms in total. The molecule has 1 heterocycles. The van der Waals surface area contributed by atoms with Gasteiger partial charge in [-0.25, -0.2) is 0 Å². The van der Waals surface area contributed by atoms with Gasteiger partial charge in [-0.2, -0.15) is 5.10 Å². The molecule has 0 atom stereocenters. The molecule has 0 unspecified atom stereocenters. The summed E-state index contributed by atoms with van der Waals surface area (Å²) in [7, 11) is 0. The highest BCUT2D eigenvalue weighted by molar-refractivity contribution is 5.91. The first-order valence-electron chi connectivity index (χ1n) is 5.88. The summed E-state index contributed by atoms with van der Waals surface area (Å²) in [4.78, 5) is 10.8. The molecule has 0 radical (unpaired) electrons. The van der Waals surface area contributed by atoms with Crippen LogP contribution >= 0.6 is 0 Å². The van der Waals surface area contributed by atoms with E-state index in [0.717, 1.165) is 16.6 Å². The molecule has 0 fully saturated rings. The van der Waals surface area contributed by atoms with Crippen molar-refractivity contribution in [3.63, 3.8) is 0 Å². The molecular weight excluding hydrogens is 214 g/mol. The molecule has 0 aliphatic heterocycles. The van der Waals surface area contributed by atoms with Crippen molar-refractivity contribution in [3.05, 3.63) is 24.4 Å². The van der Waals surface area contributed by atoms with Crippen LogP contribution in [0.25, 0.3) is 10.9 Å². The van der Waals surface area contributed by atoms with Crippen molar-refractivity contribution in [1.29, 1.82) is 0 Å². The molecule has 1 aromatic carbocycles. The minimum Gasteiger partial charge on any atom is -0.326 e. The Morgan fingerprint density at radius 3 is 2.71 bits per heavy atom. The van der Waals surface area contributed by atoms with Crippen LogP contribution in [-0.4, -0.2) is 16.1 Å². The SMILES string of the molecule is CC(=O)Nc1ccc2cn[nH]c2c1.CCCC.[HH].[HH]. The van der Waals surface area contributed by atoms with Crippen molar-refractivity contribution >= 4 is 22.5 Å². The van der Waals surface area contributed by atoms with Crippen molar-refractivity contribution in [1.82, 2.24) is 10.2 Å². The zero-order valence-electron chi connectivity index (χ0n) is 10.6. The second-order valence-corrected chi connectivity index (χ2v) is 3.85. The zero-order valence-corrected chi connectivity index (χ0v) is 10.6. The number of aromatic amines is 1. The molecule has 2 rings (SSSR count). The molecule has 2 N–H and O–H groups in total. The van der Waals surface area contributed by atoms with Crippen LogP contribution in [0, 0.1) is 0 Å². The molecule has 0 aliphatic carbocycles. The molecular formula is C13H23N3O. The predicted octanol–water partition coefficient (Wildman–Crippen LogP) is 3.82. The van der Waals surface area contributed by atoms with Crippen LogP contribution in [0.1, 0.15) is 36.5 Å². The van der Waals surface area contributed by atoms with Gasteiger partial charge in [-0.3, -0.25) is 9.89 Å². The molecule has 0 spiro atoms. The van der Waals surface area contributed by atoms with E-state index in [9.17, 15) is 4.79 Å². The predicted molar refractivity (Wildman–Crippen MR) is 75.2 cm³/mol. The number of anilines is 1. The molecule has 96 valence electrons. The minimum atomic E-state index is -0.0705. The number of carbonyl (C=O) groups is 1. The van der Waals surface area contributed by atoms with Gasteiger partial charge >= 0.3 is 0 Å². The molecule has 0 bridgehead atoms. The quantitative estimate of drug-likeness (QED) is 0.834. The Balaban J connectivity index is 0. The van der Waals surface area contributed by atoms with E-state index in [0.29, 0.717) is 0 Å². The average Bonchev–Trinajstić information content (AvgIpc) is 2.76. The molecule has 0 aliphatic rings. The number of fused-ring (bicyclic) bond motifs is 1. The number of hydrogen-bond donors (Lipinski definition) is 2. The van der Waals surface area contributed by atoms with Gasteiger partial charge in [0.15, 0.2) is 0 Å². The Labute approximate surface area is 104 Å². The molecule has 0 saturated carbocycles. The van der Waals surface area contributed by atoms with E-state index in [1.54, 1.807) is 6.20 Å². The fourth-order valence-electron chi connectivity index (χ4n) is 1.22. The summed E-state index contributed by atoms with van der Waals surface area (Å²) in [5, 5.41) is 10.5. The van der Waals surface area contributed by atoms with E-state index in [-0.39, 0.29) is 8.76 Å². The first-order chi connectivity index (χ1) is 8.17. The fraction of sp³-hybridized carbons (Fsp3) is 0.385. The highest BCUT2D eigenvalue weighted by Gasteiger charge is 1.98. The number of benzene rings is 1. The van der Waals surface area contributed by atoms with E-state index in [1.165, 1.54) is 19.8 Å². The van der Waals surface area contributed by atoms with E-state index < -0.39 is 0 Å². The van der Waals surface area contributed by atoms with Crippen LogP contribution in [-0.2, 0) is 4.79 Å². The number of hydrogen-bond acceptors (Lipinski definition) is 2. The van der Waals surface area contributed by atoms with Gasteiger partial charge in [0.25, 0.3) is 0 Å². The van der Waals surface area contributed by atoms with Crippen LogP contribution in [0.3, 0.4) is 0 Å². The van der Waals surface area contributed by atoms with Gasteiger partial charge in [0, 0.05) is 20.9 Å². The van der Waals surface area contributed by atoms with Gasteiger partial charge in [-0.05, 0) is 18.2 Å². The van der Waals surface area contributed by atoms with Gasteiger partial charge in [0.2, 0.25) is 5.91 Å². The Hall–Kier alpha value is -1.84. The van der Waals surface area contributed by atoms with Gasteiger partial charge in [-0.1, -0.05) is 26.7 Å². The number of nitrogens with zero attached hydrogens (tertiary/aromatic N) is 1. The summed E-state index contributed by atoms with van der Waals surface area (Å²) < 4.78 is 0. The molecule has 1 amide bonds. The van der Waals surface area contributed by atoms with Gasteiger partial charge in [0.1, 0.15) is 0 Å². The van der Waals surface area contributed by atoms with E-state index in [1.807, 2.05) is 18.2 Å². The maximum absolute atomic E-state index is 10.8. The molecule has 4 heteroatoms. The number of carbonyl (C=O) groups excluding carboxylic acids is 1. The highest BCUT2D eigenvalue weighted by Crippen LogP contribution is 2.16. The average molecular weight is 237 g/mol. The molecule has 0 saturated heterocycles.